The second-order valence-corrected chi connectivity index (χ2v) is 5.33. The van der Waals surface area contributed by atoms with Crippen LogP contribution in [0.1, 0.15) is 17.5 Å². The summed E-state index contributed by atoms with van der Waals surface area (Å²) in [5.41, 5.74) is 1.49. The molecule has 2 aromatic carbocycles. The van der Waals surface area contributed by atoms with Crippen LogP contribution in [-0.4, -0.2) is 24.5 Å². The molecule has 0 unspecified atom stereocenters. The molecule has 0 aliphatic heterocycles. The fraction of sp³-hybridized carbons (Fsp3) is 0.278. The highest BCUT2D eigenvalue weighted by molar-refractivity contribution is 5.79. The highest BCUT2D eigenvalue weighted by Gasteiger charge is 2.15. The number of hydrogen-bond acceptors (Lipinski definition) is 4. The van der Waals surface area contributed by atoms with Gasteiger partial charge in [-0.15, -0.1) is 0 Å². The molecular formula is C18H20N2O4. The van der Waals surface area contributed by atoms with Gasteiger partial charge in [-0.3, -0.25) is 14.9 Å². The van der Waals surface area contributed by atoms with E-state index in [2.05, 4.69) is 5.32 Å². The lowest BCUT2D eigenvalue weighted by Gasteiger charge is -2.09. The van der Waals surface area contributed by atoms with E-state index in [9.17, 15) is 14.9 Å². The summed E-state index contributed by atoms with van der Waals surface area (Å²) in [7, 11) is 1.63. The fourth-order valence-electron chi connectivity index (χ4n) is 2.49. The smallest absolute Gasteiger partial charge is 0.273 e. The lowest BCUT2D eigenvalue weighted by atomic mass is 10.1. The minimum atomic E-state index is -0.468. The molecule has 6 heteroatoms. The number of methoxy groups -OCH3 is 1. The Morgan fingerprint density at radius 2 is 1.79 bits per heavy atom. The minimum absolute atomic E-state index is 0.00577. The van der Waals surface area contributed by atoms with E-state index in [4.69, 9.17) is 4.74 Å². The van der Waals surface area contributed by atoms with Crippen LogP contribution in [0.2, 0.25) is 0 Å². The first kappa shape index (κ1) is 17.5. The molecule has 2 aromatic rings. The van der Waals surface area contributed by atoms with E-state index in [1.54, 1.807) is 25.3 Å². The van der Waals surface area contributed by atoms with Crippen molar-refractivity contribution in [3.8, 4) is 5.75 Å². The van der Waals surface area contributed by atoms with Crippen molar-refractivity contribution < 1.29 is 14.5 Å². The van der Waals surface area contributed by atoms with Gasteiger partial charge >= 0.3 is 0 Å². The quantitative estimate of drug-likeness (QED) is 0.459. The maximum absolute atomic E-state index is 12.0. The van der Waals surface area contributed by atoms with Crippen LogP contribution in [0.4, 0.5) is 5.69 Å². The second kappa shape index (κ2) is 8.67. The van der Waals surface area contributed by atoms with Gasteiger partial charge in [0.1, 0.15) is 5.75 Å². The van der Waals surface area contributed by atoms with Crippen molar-refractivity contribution in [2.45, 2.75) is 19.3 Å². The second-order valence-electron chi connectivity index (χ2n) is 5.33. The Balaban J connectivity index is 1.81. The molecule has 0 saturated carbocycles. The Labute approximate surface area is 140 Å². The Bertz CT molecular complexity index is 716. The van der Waals surface area contributed by atoms with Crippen LogP contribution in [0.25, 0.3) is 0 Å². The van der Waals surface area contributed by atoms with E-state index < -0.39 is 4.92 Å². The molecule has 2 rings (SSSR count). The number of para-hydroxylation sites is 2. The normalized spacial score (nSPS) is 10.2. The molecule has 0 aliphatic rings. The van der Waals surface area contributed by atoms with Gasteiger partial charge in [0.15, 0.2) is 0 Å². The van der Waals surface area contributed by atoms with E-state index >= 15 is 0 Å². The molecule has 24 heavy (non-hydrogen) atoms. The first-order valence-corrected chi connectivity index (χ1v) is 7.72. The third-order valence-corrected chi connectivity index (χ3v) is 3.68. The number of carbonyl (C=O) groups is 1. The van der Waals surface area contributed by atoms with Gasteiger partial charge in [0, 0.05) is 18.2 Å². The average Bonchev–Trinajstić information content (AvgIpc) is 2.59. The van der Waals surface area contributed by atoms with Crippen LogP contribution in [0.5, 0.6) is 5.75 Å². The summed E-state index contributed by atoms with van der Waals surface area (Å²) < 4.78 is 5.29. The van der Waals surface area contributed by atoms with Gasteiger partial charge in [0.05, 0.1) is 18.5 Å². The number of benzene rings is 2. The summed E-state index contributed by atoms with van der Waals surface area (Å²) >= 11 is 0. The van der Waals surface area contributed by atoms with Gasteiger partial charge in [0.25, 0.3) is 5.69 Å². The van der Waals surface area contributed by atoms with Crippen LogP contribution >= 0.6 is 0 Å². The Kier molecular flexibility index (Phi) is 6.31. The Morgan fingerprint density at radius 3 is 2.50 bits per heavy atom. The highest BCUT2D eigenvalue weighted by atomic mass is 16.6. The van der Waals surface area contributed by atoms with Crippen molar-refractivity contribution >= 4 is 11.6 Å². The molecule has 0 heterocycles. The molecule has 1 amide bonds. The maximum atomic E-state index is 12.0. The molecule has 126 valence electrons. The number of nitrogens with one attached hydrogen (secondary N) is 1. The van der Waals surface area contributed by atoms with Crippen molar-refractivity contribution in [1.82, 2.24) is 5.32 Å². The Hall–Kier alpha value is -2.89. The van der Waals surface area contributed by atoms with Crippen LogP contribution in [0, 0.1) is 10.1 Å². The summed E-state index contributed by atoms with van der Waals surface area (Å²) in [6, 6.07) is 14.1. The molecule has 0 radical (unpaired) electrons. The average molecular weight is 328 g/mol. The molecule has 1 N–H and O–H groups in total. The zero-order valence-electron chi connectivity index (χ0n) is 13.5. The number of carbonyl (C=O) groups excluding carboxylic acids is 1. The standard InChI is InChI=1S/C18H20N2O4/c1-24-17-11-5-3-7-14(17)9-6-12-19-18(21)13-15-8-2-4-10-16(15)20(22)23/h2-5,7-8,10-11H,6,9,12-13H2,1H3,(H,19,21). The summed E-state index contributed by atoms with van der Waals surface area (Å²) in [6.45, 7) is 0.511. The molecule has 0 spiro atoms. The largest absolute Gasteiger partial charge is 0.496 e. The van der Waals surface area contributed by atoms with Crippen LogP contribution in [-0.2, 0) is 17.6 Å². The van der Waals surface area contributed by atoms with Gasteiger partial charge in [-0.25, -0.2) is 0 Å². The summed E-state index contributed by atoms with van der Waals surface area (Å²) in [4.78, 5) is 22.4. The van der Waals surface area contributed by atoms with E-state index in [0.717, 1.165) is 24.2 Å². The lowest BCUT2D eigenvalue weighted by Crippen LogP contribution is -2.26. The zero-order chi connectivity index (χ0) is 17.4. The minimum Gasteiger partial charge on any atom is -0.496 e. The number of amides is 1. The molecule has 6 nitrogen and oxygen atoms in total. The lowest BCUT2D eigenvalue weighted by molar-refractivity contribution is -0.385. The molecule has 0 fully saturated rings. The molecular weight excluding hydrogens is 308 g/mol. The number of nitro benzene ring substituents is 1. The van der Waals surface area contributed by atoms with E-state index in [1.807, 2.05) is 24.3 Å². The topological polar surface area (TPSA) is 81.5 Å². The van der Waals surface area contributed by atoms with E-state index in [1.165, 1.54) is 6.07 Å². The van der Waals surface area contributed by atoms with Gasteiger partial charge in [-0.1, -0.05) is 36.4 Å². The Morgan fingerprint density at radius 1 is 1.12 bits per heavy atom. The third kappa shape index (κ3) is 4.81. The molecule has 0 aromatic heterocycles. The molecule has 0 saturated heterocycles. The number of ether oxygens (including phenoxy) is 1. The molecule has 0 atom stereocenters. The zero-order valence-corrected chi connectivity index (χ0v) is 13.5. The van der Waals surface area contributed by atoms with Crippen molar-refractivity contribution in [3.63, 3.8) is 0 Å². The van der Waals surface area contributed by atoms with E-state index in [0.29, 0.717) is 12.1 Å². The van der Waals surface area contributed by atoms with Crippen molar-refractivity contribution in [3.05, 3.63) is 69.8 Å². The number of aryl methyl sites for hydroxylation is 1. The SMILES string of the molecule is COc1ccccc1CCCNC(=O)Cc1ccccc1[N+](=O)[O-]. The van der Waals surface area contributed by atoms with Gasteiger partial charge in [-0.2, -0.15) is 0 Å². The molecule has 0 bridgehead atoms. The number of hydrogen-bond donors (Lipinski definition) is 1. The fourth-order valence-corrected chi connectivity index (χ4v) is 2.49. The van der Waals surface area contributed by atoms with Gasteiger partial charge in [-0.05, 0) is 24.5 Å². The third-order valence-electron chi connectivity index (χ3n) is 3.68. The van der Waals surface area contributed by atoms with Crippen molar-refractivity contribution in [2.24, 2.45) is 0 Å². The highest BCUT2D eigenvalue weighted by Crippen LogP contribution is 2.19. The predicted octanol–water partition coefficient (Wildman–Crippen LogP) is 2.89. The number of rotatable bonds is 8. The summed E-state index contributed by atoms with van der Waals surface area (Å²) in [5.74, 6) is 0.619. The summed E-state index contributed by atoms with van der Waals surface area (Å²) in [5, 5.41) is 13.7. The molecule has 0 aliphatic carbocycles. The van der Waals surface area contributed by atoms with Crippen LogP contribution < -0.4 is 10.1 Å². The number of nitrogens with zero attached hydrogens (tertiary/aromatic N) is 1. The number of nitro groups is 1. The summed E-state index contributed by atoms with van der Waals surface area (Å²) in [6.07, 6.45) is 1.56. The maximum Gasteiger partial charge on any atom is 0.273 e. The van der Waals surface area contributed by atoms with Gasteiger partial charge in [0.2, 0.25) is 5.91 Å². The predicted molar refractivity (Wildman–Crippen MR) is 91.1 cm³/mol. The first-order chi connectivity index (χ1) is 11.6. The first-order valence-electron chi connectivity index (χ1n) is 7.72. The van der Waals surface area contributed by atoms with Crippen molar-refractivity contribution in [1.29, 1.82) is 0 Å². The monoisotopic (exact) mass is 328 g/mol. The van der Waals surface area contributed by atoms with Crippen molar-refractivity contribution in [2.75, 3.05) is 13.7 Å². The van der Waals surface area contributed by atoms with E-state index in [-0.39, 0.29) is 18.0 Å². The van der Waals surface area contributed by atoms with Crippen LogP contribution in [0.15, 0.2) is 48.5 Å². The van der Waals surface area contributed by atoms with Crippen LogP contribution in [0.3, 0.4) is 0 Å². The van der Waals surface area contributed by atoms with Gasteiger partial charge < -0.3 is 10.1 Å².